The second kappa shape index (κ2) is 11.8. The Kier molecular flexibility index (Phi) is 7.98. The lowest BCUT2D eigenvalue weighted by Crippen LogP contribution is -2.37. The first-order valence-electron chi connectivity index (χ1n) is 14.9. The van der Waals surface area contributed by atoms with Crippen LogP contribution < -0.4 is 11.1 Å². The van der Waals surface area contributed by atoms with E-state index in [1.54, 1.807) is 30.3 Å². The van der Waals surface area contributed by atoms with Crippen LogP contribution in [0, 0.1) is 5.41 Å². The summed E-state index contributed by atoms with van der Waals surface area (Å²) in [4.78, 5) is 42.5. The summed E-state index contributed by atoms with van der Waals surface area (Å²) in [6.07, 6.45) is 7.46. The number of hydrogen-bond donors (Lipinski definition) is 2. The van der Waals surface area contributed by atoms with E-state index in [0.29, 0.717) is 36.0 Å². The van der Waals surface area contributed by atoms with Gasteiger partial charge in [-0.05, 0) is 57.0 Å². The first kappa shape index (κ1) is 30.5. The van der Waals surface area contributed by atoms with Crippen molar-refractivity contribution < 1.29 is 22.8 Å². The molecule has 1 unspecified atom stereocenters. The van der Waals surface area contributed by atoms with Crippen molar-refractivity contribution in [3.05, 3.63) is 66.4 Å². The van der Waals surface area contributed by atoms with Crippen molar-refractivity contribution in [2.24, 2.45) is 10.4 Å². The first-order chi connectivity index (χ1) is 21.4. The molecular formula is C32H35F3N8O2. The van der Waals surface area contributed by atoms with Crippen molar-refractivity contribution in [3.63, 3.8) is 0 Å². The topological polar surface area (TPSA) is 122 Å². The van der Waals surface area contributed by atoms with Crippen LogP contribution in [0.2, 0.25) is 0 Å². The van der Waals surface area contributed by atoms with Gasteiger partial charge in [-0.2, -0.15) is 13.2 Å². The maximum absolute atomic E-state index is 13.5. The molecule has 2 fully saturated rings. The molecular weight excluding hydrogens is 585 g/mol. The molecule has 3 N–H and O–H groups in total. The fourth-order valence-electron chi connectivity index (χ4n) is 5.85. The fraction of sp³-hybridized carbons (Fsp3) is 0.406. The Morgan fingerprint density at radius 2 is 1.93 bits per heavy atom. The van der Waals surface area contributed by atoms with Crippen LogP contribution in [0.5, 0.6) is 0 Å². The summed E-state index contributed by atoms with van der Waals surface area (Å²) in [5.41, 5.74) is 6.63. The van der Waals surface area contributed by atoms with Crippen LogP contribution >= 0.6 is 0 Å². The number of rotatable bonds is 8. The molecule has 2 aromatic heterocycles. The Morgan fingerprint density at radius 3 is 2.64 bits per heavy atom. The summed E-state index contributed by atoms with van der Waals surface area (Å²) < 4.78 is 42.5. The standard InChI is InChI=1S/C32H35F3N8O2/c1-31(32(33,34)35)12-13-37-25(16-31)40-30(45)21-7-5-20(6-8-21)24-18-43(29-27(24)28(36)38-19-39-29)23-11-15-42(17-23)26(44)4-3-14-41(2)22-9-10-22/h3-8,13,16,18-19,22-23H,9-12,14-15,17H2,1-2H3,(H,40,45)(H2,36,38,39)/b4-3+/t23-,31?/m1/s1. The largest absolute Gasteiger partial charge is 0.398 e. The predicted molar refractivity (Wildman–Crippen MR) is 165 cm³/mol. The van der Waals surface area contributed by atoms with Crippen LogP contribution in [0.4, 0.5) is 19.0 Å². The number of likely N-dealkylation sites (tertiary alicyclic amines) is 1. The number of nitrogens with two attached hydrogens (primary N) is 1. The number of aromatic nitrogens is 3. The molecule has 1 aliphatic carbocycles. The summed E-state index contributed by atoms with van der Waals surface area (Å²) in [5, 5.41) is 3.14. The molecule has 4 heterocycles. The second-order valence-corrected chi connectivity index (χ2v) is 12.2. The molecule has 10 nitrogen and oxygen atoms in total. The summed E-state index contributed by atoms with van der Waals surface area (Å²) in [7, 11) is 2.07. The highest BCUT2D eigenvalue weighted by Gasteiger charge is 2.50. The summed E-state index contributed by atoms with van der Waals surface area (Å²) >= 11 is 0. The number of benzene rings is 1. The van der Waals surface area contributed by atoms with E-state index in [9.17, 15) is 22.8 Å². The van der Waals surface area contributed by atoms with Crippen molar-refractivity contribution in [1.29, 1.82) is 0 Å². The Balaban J connectivity index is 1.18. The number of alkyl halides is 3. The third-order valence-corrected chi connectivity index (χ3v) is 8.88. The third kappa shape index (κ3) is 6.21. The number of nitrogens with one attached hydrogen (secondary N) is 1. The summed E-state index contributed by atoms with van der Waals surface area (Å²) in [5.74, 6) is -0.433. The number of aliphatic imine (C=N–C) groups is 1. The normalized spacial score (nSPS) is 22.0. The minimum absolute atomic E-state index is 0.0147. The van der Waals surface area contributed by atoms with Crippen molar-refractivity contribution >= 4 is 34.9 Å². The number of anilines is 1. The predicted octanol–water partition coefficient (Wildman–Crippen LogP) is 4.72. The molecule has 0 spiro atoms. The SMILES string of the molecule is CN(C/C=C/C(=O)N1CC[C@@H](n2cc(-c3ccc(C(=O)NC4=CC(C)(C(F)(F)F)CC=N4)cc3)c3c(N)ncnc32)C1)C1CC1. The van der Waals surface area contributed by atoms with Crippen LogP contribution in [0.3, 0.4) is 0 Å². The van der Waals surface area contributed by atoms with Gasteiger partial charge in [-0.3, -0.25) is 14.5 Å². The van der Waals surface area contributed by atoms with E-state index < -0.39 is 17.5 Å². The van der Waals surface area contributed by atoms with E-state index in [4.69, 9.17) is 5.73 Å². The molecule has 2 aliphatic heterocycles. The monoisotopic (exact) mass is 620 g/mol. The van der Waals surface area contributed by atoms with Crippen LogP contribution in [0.25, 0.3) is 22.2 Å². The number of fused-ring (bicyclic) bond motifs is 1. The number of amides is 2. The van der Waals surface area contributed by atoms with Gasteiger partial charge in [-0.1, -0.05) is 18.2 Å². The molecule has 6 rings (SSSR count). The Morgan fingerprint density at radius 1 is 1.18 bits per heavy atom. The molecule has 1 aromatic carbocycles. The lowest BCUT2D eigenvalue weighted by molar-refractivity contribution is -0.197. The van der Waals surface area contributed by atoms with Gasteiger partial charge in [0, 0.05) is 61.7 Å². The highest BCUT2D eigenvalue weighted by Crippen LogP contribution is 2.43. The second-order valence-electron chi connectivity index (χ2n) is 12.2. The fourth-order valence-corrected chi connectivity index (χ4v) is 5.85. The molecule has 0 bridgehead atoms. The van der Waals surface area contributed by atoms with Crippen LogP contribution in [0.1, 0.15) is 49.0 Å². The van der Waals surface area contributed by atoms with Crippen molar-refractivity contribution in [2.45, 2.75) is 50.9 Å². The molecule has 2 atom stereocenters. The van der Waals surface area contributed by atoms with E-state index in [-0.39, 0.29) is 29.8 Å². The van der Waals surface area contributed by atoms with Gasteiger partial charge in [0.15, 0.2) is 0 Å². The lowest BCUT2D eigenvalue weighted by atomic mass is 9.85. The average Bonchev–Trinajstić information content (AvgIpc) is 3.61. The van der Waals surface area contributed by atoms with E-state index in [1.165, 1.54) is 25.4 Å². The molecule has 3 aliphatic rings. The number of carbonyl (C=O) groups excluding carboxylic acids is 2. The van der Waals surface area contributed by atoms with E-state index >= 15 is 0 Å². The molecule has 1 saturated carbocycles. The molecule has 236 valence electrons. The van der Waals surface area contributed by atoms with Gasteiger partial charge >= 0.3 is 6.18 Å². The maximum Gasteiger partial charge on any atom is 0.398 e. The number of nitrogen functional groups attached to an aromatic ring is 1. The van der Waals surface area contributed by atoms with Gasteiger partial charge in [0.2, 0.25) is 5.91 Å². The van der Waals surface area contributed by atoms with Gasteiger partial charge in [0.05, 0.1) is 16.8 Å². The summed E-state index contributed by atoms with van der Waals surface area (Å²) in [6.45, 7) is 2.96. The highest BCUT2D eigenvalue weighted by atomic mass is 19.4. The number of nitrogens with zero attached hydrogens (tertiary/aromatic N) is 6. The Hall–Kier alpha value is -4.52. The molecule has 2 amide bonds. The average molecular weight is 621 g/mol. The molecule has 0 radical (unpaired) electrons. The zero-order chi connectivity index (χ0) is 31.9. The minimum atomic E-state index is -4.47. The summed E-state index contributed by atoms with van der Waals surface area (Å²) in [6, 6.07) is 7.28. The van der Waals surface area contributed by atoms with Crippen LogP contribution in [-0.2, 0) is 4.79 Å². The zero-order valence-corrected chi connectivity index (χ0v) is 25.1. The van der Waals surface area contributed by atoms with Gasteiger partial charge in [0.1, 0.15) is 23.6 Å². The smallest absolute Gasteiger partial charge is 0.383 e. The molecule has 3 aromatic rings. The number of allylic oxidation sites excluding steroid dienone is 1. The minimum Gasteiger partial charge on any atom is -0.383 e. The van der Waals surface area contributed by atoms with Gasteiger partial charge < -0.3 is 20.5 Å². The van der Waals surface area contributed by atoms with Gasteiger partial charge in [0.25, 0.3) is 5.91 Å². The molecule has 13 heteroatoms. The van der Waals surface area contributed by atoms with E-state index in [1.807, 2.05) is 21.7 Å². The van der Waals surface area contributed by atoms with E-state index in [2.05, 4.69) is 32.2 Å². The quantitative estimate of drug-likeness (QED) is 0.352. The van der Waals surface area contributed by atoms with Crippen molar-refractivity contribution in [3.8, 4) is 11.1 Å². The van der Waals surface area contributed by atoms with Crippen LogP contribution in [-0.4, -0.2) is 81.3 Å². The Labute approximate surface area is 258 Å². The van der Waals surface area contributed by atoms with Crippen LogP contribution in [0.15, 0.2) is 65.8 Å². The van der Waals surface area contributed by atoms with Gasteiger partial charge in [-0.15, -0.1) is 0 Å². The number of hydrogen-bond acceptors (Lipinski definition) is 7. The lowest BCUT2D eigenvalue weighted by Gasteiger charge is -2.30. The molecule has 1 saturated heterocycles. The van der Waals surface area contributed by atoms with Crippen molar-refractivity contribution in [1.82, 2.24) is 29.7 Å². The van der Waals surface area contributed by atoms with E-state index in [0.717, 1.165) is 37.1 Å². The number of likely N-dealkylation sites (N-methyl/N-ethyl adjacent to an activating group) is 1. The number of halogens is 3. The molecule has 45 heavy (non-hydrogen) atoms. The first-order valence-corrected chi connectivity index (χ1v) is 14.9. The number of carbonyl (C=O) groups is 2. The third-order valence-electron chi connectivity index (χ3n) is 8.88. The van der Waals surface area contributed by atoms with Crippen molar-refractivity contribution in [2.75, 3.05) is 32.4 Å². The highest BCUT2D eigenvalue weighted by molar-refractivity contribution is 6.01. The van der Waals surface area contributed by atoms with Gasteiger partial charge in [-0.25, -0.2) is 15.0 Å². The Bertz CT molecular complexity index is 1710. The maximum atomic E-state index is 13.5. The zero-order valence-electron chi connectivity index (χ0n) is 25.1.